The summed E-state index contributed by atoms with van der Waals surface area (Å²) >= 11 is 0. The van der Waals surface area contributed by atoms with Crippen molar-refractivity contribution in [2.24, 2.45) is 5.92 Å². The second kappa shape index (κ2) is 6.23. The summed E-state index contributed by atoms with van der Waals surface area (Å²) in [6.07, 6.45) is 3.56. The van der Waals surface area contributed by atoms with Crippen LogP contribution in [0.3, 0.4) is 0 Å². The number of esters is 1. The molecule has 1 aromatic rings. The summed E-state index contributed by atoms with van der Waals surface area (Å²) in [4.78, 5) is 15.2. The second-order valence-corrected chi connectivity index (χ2v) is 3.84. The predicted octanol–water partition coefficient (Wildman–Crippen LogP) is 1.54. The molecule has 0 aliphatic carbocycles. The van der Waals surface area contributed by atoms with Crippen molar-refractivity contribution >= 4 is 5.97 Å². The molecule has 0 amide bonds. The minimum atomic E-state index is -0.189. The molecule has 0 aliphatic rings. The third-order valence-corrected chi connectivity index (χ3v) is 2.52. The molecule has 0 aliphatic heterocycles. The van der Waals surface area contributed by atoms with Gasteiger partial charge >= 0.3 is 5.97 Å². The van der Waals surface area contributed by atoms with Crippen LogP contribution in [0.4, 0.5) is 0 Å². The van der Waals surface area contributed by atoms with Gasteiger partial charge in [-0.1, -0.05) is 13.0 Å². The van der Waals surface area contributed by atoms with Crippen molar-refractivity contribution in [3.8, 4) is 0 Å². The van der Waals surface area contributed by atoms with Gasteiger partial charge in [-0.05, 0) is 18.6 Å². The van der Waals surface area contributed by atoms with E-state index in [2.05, 4.69) is 15.0 Å². The third-order valence-electron chi connectivity index (χ3n) is 2.52. The molecular weight excluding hydrogens is 204 g/mol. The van der Waals surface area contributed by atoms with Crippen molar-refractivity contribution < 1.29 is 9.53 Å². The fraction of sp³-hybridized carbons (Fsp3) is 0.500. The van der Waals surface area contributed by atoms with Gasteiger partial charge in [0.05, 0.1) is 13.0 Å². The van der Waals surface area contributed by atoms with Gasteiger partial charge in [-0.3, -0.25) is 9.78 Å². The Morgan fingerprint density at radius 2 is 2.31 bits per heavy atom. The van der Waals surface area contributed by atoms with Crippen molar-refractivity contribution in [1.82, 2.24) is 10.3 Å². The Morgan fingerprint density at radius 3 is 2.88 bits per heavy atom. The lowest BCUT2D eigenvalue weighted by Gasteiger charge is -2.16. The highest BCUT2D eigenvalue weighted by Gasteiger charge is 2.14. The zero-order chi connectivity index (χ0) is 12.0. The molecule has 4 heteroatoms. The van der Waals surface area contributed by atoms with Gasteiger partial charge in [-0.25, -0.2) is 0 Å². The lowest BCUT2D eigenvalue weighted by molar-refractivity contribution is -0.144. The number of nitrogens with zero attached hydrogens (tertiary/aromatic N) is 1. The van der Waals surface area contributed by atoms with Gasteiger partial charge in [0.2, 0.25) is 0 Å². The predicted molar refractivity (Wildman–Crippen MR) is 61.8 cm³/mol. The molecule has 0 bridgehead atoms. The molecule has 1 heterocycles. The monoisotopic (exact) mass is 222 g/mol. The molecule has 2 atom stereocenters. The summed E-state index contributed by atoms with van der Waals surface area (Å²) in [5.74, 6) is -0.324. The van der Waals surface area contributed by atoms with E-state index in [1.54, 1.807) is 6.20 Å². The molecule has 0 fully saturated rings. The summed E-state index contributed by atoms with van der Waals surface area (Å²) in [7, 11) is 1.41. The van der Waals surface area contributed by atoms with E-state index in [0.717, 1.165) is 5.56 Å². The number of ether oxygens (including phenoxy) is 1. The first kappa shape index (κ1) is 12.6. The number of aromatic nitrogens is 1. The topological polar surface area (TPSA) is 51.2 Å². The Balaban J connectivity index is 2.41. The largest absolute Gasteiger partial charge is 0.469 e. The van der Waals surface area contributed by atoms with Crippen LogP contribution in [0.1, 0.15) is 25.5 Å². The van der Waals surface area contributed by atoms with Crippen LogP contribution < -0.4 is 5.32 Å². The summed E-state index contributed by atoms with van der Waals surface area (Å²) in [6, 6.07) is 4.09. The van der Waals surface area contributed by atoms with Crippen molar-refractivity contribution in [1.29, 1.82) is 0 Å². The fourth-order valence-corrected chi connectivity index (χ4v) is 1.39. The summed E-state index contributed by atoms with van der Waals surface area (Å²) < 4.78 is 4.66. The molecule has 0 spiro atoms. The van der Waals surface area contributed by atoms with Crippen molar-refractivity contribution in [2.45, 2.75) is 19.9 Å². The van der Waals surface area contributed by atoms with Gasteiger partial charge in [-0.2, -0.15) is 0 Å². The molecule has 4 nitrogen and oxygen atoms in total. The van der Waals surface area contributed by atoms with Crippen molar-refractivity contribution in [2.75, 3.05) is 13.7 Å². The maximum Gasteiger partial charge on any atom is 0.309 e. The van der Waals surface area contributed by atoms with Crippen LogP contribution in [-0.4, -0.2) is 24.6 Å². The van der Waals surface area contributed by atoms with Gasteiger partial charge < -0.3 is 10.1 Å². The van der Waals surface area contributed by atoms with Crippen molar-refractivity contribution in [3.63, 3.8) is 0 Å². The van der Waals surface area contributed by atoms with E-state index in [9.17, 15) is 4.79 Å². The molecule has 1 N–H and O–H groups in total. The average Bonchev–Trinajstić information content (AvgIpc) is 2.35. The SMILES string of the molecule is COC(=O)C(C)CN[C@@H](C)c1cccnc1. The number of rotatable bonds is 5. The second-order valence-electron chi connectivity index (χ2n) is 3.84. The van der Waals surface area contributed by atoms with Crippen LogP contribution >= 0.6 is 0 Å². The number of carbonyl (C=O) groups is 1. The average molecular weight is 222 g/mol. The molecule has 0 radical (unpaired) electrons. The van der Waals surface area contributed by atoms with E-state index >= 15 is 0 Å². The van der Waals surface area contributed by atoms with E-state index in [-0.39, 0.29) is 17.9 Å². The van der Waals surface area contributed by atoms with E-state index in [4.69, 9.17) is 0 Å². The maximum atomic E-state index is 11.2. The molecule has 1 unspecified atom stereocenters. The molecule has 1 rings (SSSR count). The highest BCUT2D eigenvalue weighted by Crippen LogP contribution is 2.10. The van der Waals surface area contributed by atoms with E-state index in [0.29, 0.717) is 6.54 Å². The zero-order valence-electron chi connectivity index (χ0n) is 9.93. The lowest BCUT2D eigenvalue weighted by Crippen LogP contribution is -2.29. The molecule has 88 valence electrons. The van der Waals surface area contributed by atoms with Gasteiger partial charge in [0.15, 0.2) is 0 Å². The van der Waals surface area contributed by atoms with E-state index in [1.165, 1.54) is 7.11 Å². The number of methoxy groups -OCH3 is 1. The fourth-order valence-electron chi connectivity index (χ4n) is 1.39. The Bertz CT molecular complexity index is 327. The first-order valence-electron chi connectivity index (χ1n) is 5.36. The van der Waals surface area contributed by atoms with E-state index in [1.807, 2.05) is 32.2 Å². The molecule has 0 saturated carbocycles. The quantitative estimate of drug-likeness (QED) is 0.768. The first-order chi connectivity index (χ1) is 7.65. The number of pyridine rings is 1. The Kier molecular flexibility index (Phi) is 4.92. The molecule has 16 heavy (non-hydrogen) atoms. The Morgan fingerprint density at radius 1 is 1.56 bits per heavy atom. The highest BCUT2D eigenvalue weighted by atomic mass is 16.5. The van der Waals surface area contributed by atoms with E-state index < -0.39 is 0 Å². The Hall–Kier alpha value is -1.42. The summed E-state index contributed by atoms with van der Waals surface area (Å²) in [6.45, 7) is 4.48. The molecular formula is C12H18N2O2. The Labute approximate surface area is 96.0 Å². The minimum Gasteiger partial charge on any atom is -0.469 e. The summed E-state index contributed by atoms with van der Waals surface area (Å²) in [5, 5.41) is 3.27. The lowest BCUT2D eigenvalue weighted by atomic mass is 10.1. The van der Waals surface area contributed by atoms with Gasteiger partial charge in [0.1, 0.15) is 0 Å². The first-order valence-corrected chi connectivity index (χ1v) is 5.36. The van der Waals surface area contributed by atoms with Crippen LogP contribution in [0.2, 0.25) is 0 Å². The van der Waals surface area contributed by atoms with Crippen LogP contribution in [0.15, 0.2) is 24.5 Å². The molecule has 0 aromatic carbocycles. The van der Waals surface area contributed by atoms with Gasteiger partial charge in [0.25, 0.3) is 0 Å². The highest BCUT2D eigenvalue weighted by molar-refractivity contribution is 5.72. The number of nitrogens with one attached hydrogen (secondary N) is 1. The number of carbonyl (C=O) groups excluding carboxylic acids is 1. The van der Waals surface area contributed by atoms with Crippen LogP contribution in [0.25, 0.3) is 0 Å². The van der Waals surface area contributed by atoms with Crippen LogP contribution in [-0.2, 0) is 9.53 Å². The molecule has 1 aromatic heterocycles. The summed E-state index contributed by atoms with van der Waals surface area (Å²) in [5.41, 5.74) is 1.11. The standard InChI is InChI=1S/C12H18N2O2/c1-9(12(15)16-3)7-14-10(2)11-5-4-6-13-8-11/h4-6,8-10,14H,7H2,1-3H3/t9?,10-/m0/s1. The zero-order valence-corrected chi connectivity index (χ0v) is 9.93. The van der Waals surface area contributed by atoms with Crippen molar-refractivity contribution in [3.05, 3.63) is 30.1 Å². The number of hydrogen-bond acceptors (Lipinski definition) is 4. The normalized spacial score (nSPS) is 14.2. The van der Waals surface area contributed by atoms with Crippen LogP contribution in [0, 0.1) is 5.92 Å². The molecule has 0 saturated heterocycles. The van der Waals surface area contributed by atoms with Crippen LogP contribution in [0.5, 0.6) is 0 Å². The maximum absolute atomic E-state index is 11.2. The third kappa shape index (κ3) is 3.62. The van der Waals surface area contributed by atoms with Gasteiger partial charge in [-0.15, -0.1) is 0 Å². The van der Waals surface area contributed by atoms with Gasteiger partial charge in [0, 0.05) is 25.0 Å². The minimum absolute atomic E-state index is 0.135. The smallest absolute Gasteiger partial charge is 0.309 e. The number of hydrogen-bond donors (Lipinski definition) is 1.